The number of fused-ring (bicyclic) bond motifs is 1. The Morgan fingerprint density at radius 3 is 2.91 bits per heavy atom. The van der Waals surface area contributed by atoms with Gasteiger partial charge in [0.2, 0.25) is 5.13 Å². The third-order valence-corrected chi connectivity index (χ3v) is 4.74. The minimum Gasteiger partial charge on any atom is -0.451 e. The molecule has 0 aliphatic heterocycles. The Hall–Kier alpha value is -1.86. The van der Waals surface area contributed by atoms with Crippen molar-refractivity contribution >= 4 is 45.1 Å². The summed E-state index contributed by atoms with van der Waals surface area (Å²) in [6.07, 6.45) is 2.80. The standard InChI is InChI=1S/C15H15N3O2S2/c1-3-12-17-18-15(22-12)16-14(19)13-10(8-21-2)9-6-4-5-7-11(9)20-13/h4-7H,3,8H2,1-2H3,(H,16,18,19). The van der Waals surface area contributed by atoms with Gasteiger partial charge >= 0.3 is 0 Å². The first-order chi connectivity index (χ1) is 10.7. The van der Waals surface area contributed by atoms with Crippen LogP contribution in [0.1, 0.15) is 28.0 Å². The number of amides is 1. The van der Waals surface area contributed by atoms with E-state index >= 15 is 0 Å². The van der Waals surface area contributed by atoms with E-state index in [9.17, 15) is 4.79 Å². The second-order valence-electron chi connectivity index (χ2n) is 4.65. The van der Waals surface area contributed by atoms with Crippen LogP contribution in [0.5, 0.6) is 0 Å². The highest BCUT2D eigenvalue weighted by Gasteiger charge is 2.21. The van der Waals surface area contributed by atoms with E-state index in [0.29, 0.717) is 10.9 Å². The van der Waals surface area contributed by atoms with Crippen LogP contribution in [0.15, 0.2) is 28.7 Å². The number of anilines is 1. The van der Waals surface area contributed by atoms with Gasteiger partial charge in [0.15, 0.2) is 5.76 Å². The Morgan fingerprint density at radius 1 is 1.36 bits per heavy atom. The third-order valence-electron chi connectivity index (χ3n) is 3.18. The normalized spacial score (nSPS) is 11.0. The summed E-state index contributed by atoms with van der Waals surface area (Å²) in [7, 11) is 0. The van der Waals surface area contributed by atoms with Crippen molar-refractivity contribution in [3.05, 3.63) is 40.6 Å². The Kier molecular flexibility index (Phi) is 4.44. The molecule has 0 fully saturated rings. The number of nitrogens with zero attached hydrogens (tertiary/aromatic N) is 2. The number of furan rings is 1. The average Bonchev–Trinajstić information content (AvgIpc) is 3.12. The van der Waals surface area contributed by atoms with Gasteiger partial charge in [-0.2, -0.15) is 11.8 Å². The molecule has 0 radical (unpaired) electrons. The maximum absolute atomic E-state index is 12.5. The van der Waals surface area contributed by atoms with Gasteiger partial charge in [-0.25, -0.2) is 0 Å². The largest absolute Gasteiger partial charge is 0.451 e. The highest BCUT2D eigenvalue weighted by atomic mass is 32.2. The van der Waals surface area contributed by atoms with Crippen LogP contribution in [0.3, 0.4) is 0 Å². The molecule has 1 amide bonds. The van der Waals surface area contributed by atoms with Crippen LogP contribution in [0.4, 0.5) is 5.13 Å². The molecule has 0 aliphatic carbocycles. The first-order valence-corrected chi connectivity index (χ1v) is 9.07. The molecule has 1 N–H and O–H groups in total. The first kappa shape index (κ1) is 15.1. The number of benzene rings is 1. The van der Waals surface area contributed by atoms with Crippen LogP contribution in [-0.2, 0) is 12.2 Å². The van der Waals surface area contributed by atoms with Crippen molar-refractivity contribution < 1.29 is 9.21 Å². The monoisotopic (exact) mass is 333 g/mol. The number of thioether (sulfide) groups is 1. The molecule has 0 spiro atoms. The van der Waals surface area contributed by atoms with E-state index in [1.54, 1.807) is 11.8 Å². The van der Waals surface area contributed by atoms with Crippen LogP contribution in [0.2, 0.25) is 0 Å². The molecule has 7 heteroatoms. The molecule has 22 heavy (non-hydrogen) atoms. The minimum absolute atomic E-state index is 0.279. The number of nitrogens with one attached hydrogen (secondary N) is 1. The van der Waals surface area contributed by atoms with Crippen LogP contribution in [0.25, 0.3) is 11.0 Å². The fraction of sp³-hybridized carbons (Fsp3) is 0.267. The highest BCUT2D eigenvalue weighted by Crippen LogP contribution is 2.29. The topological polar surface area (TPSA) is 68.0 Å². The van der Waals surface area contributed by atoms with Crippen LogP contribution >= 0.6 is 23.1 Å². The van der Waals surface area contributed by atoms with E-state index in [4.69, 9.17) is 4.42 Å². The summed E-state index contributed by atoms with van der Waals surface area (Å²) in [5, 5.41) is 13.1. The quantitative estimate of drug-likeness (QED) is 0.765. The number of aromatic nitrogens is 2. The number of carbonyl (C=O) groups excluding carboxylic acids is 1. The lowest BCUT2D eigenvalue weighted by molar-refractivity contribution is 0.0997. The molecular weight excluding hydrogens is 318 g/mol. The summed E-state index contributed by atoms with van der Waals surface area (Å²) in [4.78, 5) is 12.5. The van der Waals surface area contributed by atoms with Crippen molar-refractivity contribution in [2.45, 2.75) is 19.1 Å². The smallest absolute Gasteiger partial charge is 0.293 e. The van der Waals surface area contributed by atoms with Gasteiger partial charge in [-0.05, 0) is 18.7 Å². The predicted molar refractivity (Wildman–Crippen MR) is 90.7 cm³/mol. The van der Waals surface area contributed by atoms with Gasteiger partial charge in [0.25, 0.3) is 5.91 Å². The van der Waals surface area contributed by atoms with Gasteiger partial charge in [0.1, 0.15) is 10.6 Å². The van der Waals surface area contributed by atoms with Gasteiger partial charge in [-0.3, -0.25) is 10.1 Å². The lowest BCUT2D eigenvalue weighted by atomic mass is 10.1. The second-order valence-corrected chi connectivity index (χ2v) is 6.58. The summed E-state index contributed by atoms with van der Waals surface area (Å²) in [6.45, 7) is 2.00. The van der Waals surface area contributed by atoms with Crippen LogP contribution in [0, 0.1) is 0 Å². The molecule has 2 aromatic heterocycles. The number of carbonyl (C=O) groups is 1. The highest BCUT2D eigenvalue weighted by molar-refractivity contribution is 7.97. The predicted octanol–water partition coefficient (Wildman–Crippen LogP) is 3.96. The Labute approximate surface area is 136 Å². The molecule has 0 bridgehead atoms. The Morgan fingerprint density at radius 2 is 2.18 bits per heavy atom. The molecule has 0 unspecified atom stereocenters. The lowest BCUT2D eigenvalue weighted by Gasteiger charge is -2.01. The number of aryl methyl sites for hydroxylation is 1. The average molecular weight is 333 g/mol. The molecule has 3 aromatic rings. The van der Waals surface area contributed by atoms with Crippen molar-refractivity contribution in [3.8, 4) is 0 Å². The molecule has 0 atom stereocenters. The first-order valence-electron chi connectivity index (χ1n) is 6.86. The van der Waals surface area contributed by atoms with Crippen LogP contribution < -0.4 is 5.32 Å². The summed E-state index contributed by atoms with van der Waals surface area (Å²) in [6, 6.07) is 7.69. The zero-order valence-corrected chi connectivity index (χ0v) is 13.9. The van der Waals surface area contributed by atoms with Crippen molar-refractivity contribution in [3.63, 3.8) is 0 Å². The molecule has 2 heterocycles. The van der Waals surface area contributed by atoms with Crippen LogP contribution in [-0.4, -0.2) is 22.4 Å². The lowest BCUT2D eigenvalue weighted by Crippen LogP contribution is -2.12. The fourth-order valence-corrected chi connectivity index (χ4v) is 3.42. The molecule has 0 saturated carbocycles. The van der Waals surface area contributed by atoms with E-state index < -0.39 is 0 Å². The zero-order valence-electron chi connectivity index (χ0n) is 12.3. The summed E-state index contributed by atoms with van der Waals surface area (Å²) in [5.74, 6) is 0.790. The molecule has 114 valence electrons. The van der Waals surface area contributed by atoms with Gasteiger partial charge in [-0.15, -0.1) is 10.2 Å². The van der Waals surface area contributed by atoms with Gasteiger partial charge < -0.3 is 4.42 Å². The summed E-state index contributed by atoms with van der Waals surface area (Å²) >= 11 is 3.04. The number of hydrogen-bond acceptors (Lipinski definition) is 6. The minimum atomic E-state index is -0.279. The molecule has 0 saturated heterocycles. The number of hydrogen-bond donors (Lipinski definition) is 1. The van der Waals surface area contributed by atoms with E-state index in [-0.39, 0.29) is 5.91 Å². The summed E-state index contributed by atoms with van der Waals surface area (Å²) in [5.41, 5.74) is 1.64. The molecule has 5 nitrogen and oxygen atoms in total. The van der Waals surface area contributed by atoms with E-state index in [0.717, 1.165) is 33.7 Å². The molecule has 0 aliphatic rings. The van der Waals surface area contributed by atoms with Gasteiger partial charge in [-0.1, -0.05) is 36.5 Å². The molecular formula is C15H15N3O2S2. The second kappa shape index (κ2) is 6.50. The van der Waals surface area contributed by atoms with Gasteiger partial charge in [0, 0.05) is 16.7 Å². The summed E-state index contributed by atoms with van der Waals surface area (Å²) < 4.78 is 5.75. The Bertz CT molecular complexity index is 810. The maximum Gasteiger partial charge on any atom is 0.293 e. The SMILES string of the molecule is CCc1nnc(NC(=O)c2oc3ccccc3c2CSC)s1. The third kappa shape index (κ3) is 2.86. The fourth-order valence-electron chi connectivity index (χ4n) is 2.17. The van der Waals surface area contributed by atoms with Crippen molar-refractivity contribution in [2.24, 2.45) is 0 Å². The number of rotatable bonds is 5. The van der Waals surface area contributed by atoms with Gasteiger partial charge in [0.05, 0.1) is 0 Å². The molecule has 1 aromatic carbocycles. The maximum atomic E-state index is 12.5. The van der Waals surface area contributed by atoms with Crippen molar-refractivity contribution in [2.75, 3.05) is 11.6 Å². The van der Waals surface area contributed by atoms with E-state index in [1.807, 2.05) is 37.4 Å². The molecule has 3 rings (SSSR count). The van der Waals surface area contributed by atoms with E-state index in [2.05, 4.69) is 15.5 Å². The Balaban J connectivity index is 1.94. The zero-order chi connectivity index (χ0) is 15.5. The van der Waals surface area contributed by atoms with E-state index in [1.165, 1.54) is 11.3 Å². The van der Waals surface area contributed by atoms with Crippen molar-refractivity contribution in [1.29, 1.82) is 0 Å². The number of para-hydroxylation sites is 1. The van der Waals surface area contributed by atoms with Crippen molar-refractivity contribution in [1.82, 2.24) is 10.2 Å².